The first-order chi connectivity index (χ1) is 9.58. The summed E-state index contributed by atoms with van der Waals surface area (Å²) >= 11 is 3.42. The number of carbonyl (C=O) groups excluding carboxylic acids is 1. The van der Waals surface area contributed by atoms with Crippen molar-refractivity contribution in [2.45, 2.75) is 25.9 Å². The highest BCUT2D eigenvalue weighted by Crippen LogP contribution is 2.16. The number of rotatable bonds is 4. The Bertz CT molecular complexity index is 443. The van der Waals surface area contributed by atoms with E-state index in [1.165, 1.54) is 0 Å². The lowest BCUT2D eigenvalue weighted by molar-refractivity contribution is -0.126. The summed E-state index contributed by atoms with van der Waals surface area (Å²) in [5, 5.41) is 6.40. The number of nitrogens with one attached hydrogen (secondary N) is 2. The van der Waals surface area contributed by atoms with Crippen LogP contribution in [-0.4, -0.2) is 43.0 Å². The number of hydrogen-bond acceptors (Lipinski definition) is 3. The van der Waals surface area contributed by atoms with E-state index in [-0.39, 0.29) is 18.0 Å². The molecule has 0 spiro atoms. The predicted octanol–water partition coefficient (Wildman–Crippen LogP) is 1.92. The van der Waals surface area contributed by atoms with Crippen LogP contribution in [0, 0.1) is 0 Å². The molecule has 0 aromatic heterocycles. The van der Waals surface area contributed by atoms with Crippen molar-refractivity contribution >= 4 is 21.8 Å². The number of amides is 1. The quantitative estimate of drug-likeness (QED) is 0.880. The van der Waals surface area contributed by atoms with E-state index in [2.05, 4.69) is 31.5 Å². The third kappa shape index (κ3) is 4.04. The van der Waals surface area contributed by atoms with Crippen molar-refractivity contribution < 1.29 is 4.79 Å². The molecule has 2 N–H and O–H groups in total. The third-order valence-corrected chi connectivity index (χ3v) is 4.34. The van der Waals surface area contributed by atoms with Crippen molar-refractivity contribution in [3.05, 3.63) is 34.3 Å². The van der Waals surface area contributed by atoms with Crippen molar-refractivity contribution in [2.75, 3.05) is 26.2 Å². The lowest BCUT2D eigenvalue weighted by atomic mass is 10.1. The van der Waals surface area contributed by atoms with Crippen LogP contribution in [0.3, 0.4) is 0 Å². The topological polar surface area (TPSA) is 44.4 Å². The molecule has 1 aromatic rings. The minimum Gasteiger partial charge on any atom is -0.348 e. The number of hydrogen-bond donors (Lipinski definition) is 2. The van der Waals surface area contributed by atoms with Gasteiger partial charge in [-0.25, -0.2) is 0 Å². The number of benzene rings is 1. The SMILES string of the molecule is CC(NC(=O)C(C)N1CCNCC1)c1ccc(Br)cc1. The molecule has 1 saturated heterocycles. The average molecular weight is 340 g/mol. The van der Waals surface area contributed by atoms with E-state index in [0.29, 0.717) is 0 Å². The van der Waals surface area contributed by atoms with Crippen LogP contribution in [0.4, 0.5) is 0 Å². The first-order valence-corrected chi connectivity index (χ1v) is 7.88. The first kappa shape index (κ1) is 15.5. The van der Waals surface area contributed by atoms with E-state index in [4.69, 9.17) is 0 Å². The van der Waals surface area contributed by atoms with Crippen LogP contribution >= 0.6 is 15.9 Å². The van der Waals surface area contributed by atoms with Gasteiger partial charge in [-0.05, 0) is 31.5 Å². The normalized spacial score (nSPS) is 19.4. The summed E-state index contributed by atoms with van der Waals surface area (Å²) in [6, 6.07) is 8.01. The van der Waals surface area contributed by atoms with Gasteiger partial charge in [0.15, 0.2) is 0 Å². The minimum absolute atomic E-state index is 0.0287. The lowest BCUT2D eigenvalue weighted by Crippen LogP contribution is -2.52. The van der Waals surface area contributed by atoms with Gasteiger partial charge in [-0.2, -0.15) is 0 Å². The van der Waals surface area contributed by atoms with Crippen molar-refractivity contribution in [3.8, 4) is 0 Å². The summed E-state index contributed by atoms with van der Waals surface area (Å²) in [4.78, 5) is 14.5. The molecule has 1 aliphatic heterocycles. The van der Waals surface area contributed by atoms with Gasteiger partial charge in [-0.3, -0.25) is 9.69 Å². The highest BCUT2D eigenvalue weighted by atomic mass is 79.9. The Morgan fingerprint density at radius 3 is 2.45 bits per heavy atom. The highest BCUT2D eigenvalue weighted by molar-refractivity contribution is 9.10. The van der Waals surface area contributed by atoms with Crippen LogP contribution in [-0.2, 0) is 4.79 Å². The van der Waals surface area contributed by atoms with Gasteiger partial charge in [0, 0.05) is 30.7 Å². The van der Waals surface area contributed by atoms with Crippen LogP contribution in [0.15, 0.2) is 28.7 Å². The molecule has 1 aliphatic rings. The van der Waals surface area contributed by atoms with E-state index in [0.717, 1.165) is 36.2 Å². The first-order valence-electron chi connectivity index (χ1n) is 7.08. The van der Waals surface area contributed by atoms with Gasteiger partial charge in [0.2, 0.25) is 5.91 Å². The Balaban J connectivity index is 1.91. The zero-order valence-electron chi connectivity index (χ0n) is 12.0. The zero-order valence-corrected chi connectivity index (χ0v) is 13.6. The van der Waals surface area contributed by atoms with Gasteiger partial charge in [0.25, 0.3) is 0 Å². The molecular formula is C15H22BrN3O. The Morgan fingerprint density at radius 2 is 1.85 bits per heavy atom. The van der Waals surface area contributed by atoms with Crippen LogP contribution < -0.4 is 10.6 Å². The molecule has 2 unspecified atom stereocenters. The predicted molar refractivity (Wildman–Crippen MR) is 84.6 cm³/mol. The molecular weight excluding hydrogens is 318 g/mol. The maximum absolute atomic E-state index is 12.3. The molecule has 20 heavy (non-hydrogen) atoms. The monoisotopic (exact) mass is 339 g/mol. The standard InChI is InChI=1S/C15H22BrN3O/c1-11(13-3-5-14(16)6-4-13)18-15(20)12(2)19-9-7-17-8-10-19/h3-6,11-12,17H,7-10H2,1-2H3,(H,18,20). The van der Waals surface area contributed by atoms with Crippen molar-refractivity contribution in [1.29, 1.82) is 0 Å². The Labute approximate surface area is 129 Å². The van der Waals surface area contributed by atoms with Crippen LogP contribution in [0.2, 0.25) is 0 Å². The molecule has 1 fully saturated rings. The summed E-state index contributed by atoms with van der Waals surface area (Å²) in [6.45, 7) is 7.78. The molecule has 0 radical (unpaired) electrons. The second kappa shape index (κ2) is 7.20. The Kier molecular flexibility index (Phi) is 5.57. The lowest BCUT2D eigenvalue weighted by Gasteiger charge is -2.32. The van der Waals surface area contributed by atoms with Crippen molar-refractivity contribution in [3.63, 3.8) is 0 Å². The minimum atomic E-state index is -0.0741. The fourth-order valence-electron chi connectivity index (χ4n) is 2.40. The molecule has 2 atom stereocenters. The van der Waals surface area contributed by atoms with Gasteiger partial charge in [-0.15, -0.1) is 0 Å². The van der Waals surface area contributed by atoms with E-state index >= 15 is 0 Å². The van der Waals surface area contributed by atoms with E-state index in [1.807, 2.05) is 38.1 Å². The summed E-state index contributed by atoms with van der Waals surface area (Å²) < 4.78 is 1.05. The van der Waals surface area contributed by atoms with Gasteiger partial charge >= 0.3 is 0 Å². The van der Waals surface area contributed by atoms with Gasteiger partial charge < -0.3 is 10.6 Å². The molecule has 0 bridgehead atoms. The van der Waals surface area contributed by atoms with Crippen molar-refractivity contribution in [2.24, 2.45) is 0 Å². The number of halogens is 1. The van der Waals surface area contributed by atoms with Crippen molar-refractivity contribution in [1.82, 2.24) is 15.5 Å². The molecule has 0 saturated carbocycles. The third-order valence-electron chi connectivity index (χ3n) is 3.81. The fraction of sp³-hybridized carbons (Fsp3) is 0.533. The maximum atomic E-state index is 12.3. The average Bonchev–Trinajstić information content (AvgIpc) is 2.48. The molecule has 5 heteroatoms. The summed E-state index contributed by atoms with van der Waals surface area (Å²) in [6.07, 6.45) is 0. The van der Waals surface area contributed by atoms with Gasteiger partial charge in [0.1, 0.15) is 0 Å². The Morgan fingerprint density at radius 1 is 1.25 bits per heavy atom. The highest BCUT2D eigenvalue weighted by Gasteiger charge is 2.23. The summed E-state index contributed by atoms with van der Waals surface area (Å²) in [5.74, 6) is 0.0994. The Hall–Kier alpha value is -0.910. The van der Waals surface area contributed by atoms with E-state index in [1.54, 1.807) is 0 Å². The molecule has 2 rings (SSSR count). The molecule has 4 nitrogen and oxygen atoms in total. The zero-order chi connectivity index (χ0) is 14.5. The smallest absolute Gasteiger partial charge is 0.237 e. The van der Waals surface area contributed by atoms with Crippen LogP contribution in [0.5, 0.6) is 0 Å². The molecule has 110 valence electrons. The second-order valence-corrected chi connectivity index (χ2v) is 6.16. The maximum Gasteiger partial charge on any atom is 0.237 e. The van der Waals surface area contributed by atoms with Gasteiger partial charge in [0.05, 0.1) is 12.1 Å². The van der Waals surface area contributed by atoms with Gasteiger partial charge in [-0.1, -0.05) is 28.1 Å². The fourth-order valence-corrected chi connectivity index (χ4v) is 2.67. The number of piperazine rings is 1. The number of carbonyl (C=O) groups is 1. The van der Waals surface area contributed by atoms with Crippen LogP contribution in [0.25, 0.3) is 0 Å². The van der Waals surface area contributed by atoms with Crippen LogP contribution in [0.1, 0.15) is 25.5 Å². The molecule has 1 aromatic carbocycles. The number of nitrogens with zero attached hydrogens (tertiary/aromatic N) is 1. The summed E-state index contributed by atoms with van der Waals surface area (Å²) in [5.41, 5.74) is 1.12. The largest absolute Gasteiger partial charge is 0.348 e. The molecule has 0 aliphatic carbocycles. The van der Waals surface area contributed by atoms with E-state index < -0.39 is 0 Å². The molecule has 1 amide bonds. The van der Waals surface area contributed by atoms with E-state index in [9.17, 15) is 4.79 Å². The second-order valence-electron chi connectivity index (χ2n) is 5.24. The molecule has 1 heterocycles. The summed E-state index contributed by atoms with van der Waals surface area (Å²) in [7, 11) is 0.